The summed E-state index contributed by atoms with van der Waals surface area (Å²) < 4.78 is 5.20. The Labute approximate surface area is 160 Å². The fraction of sp³-hybridized carbons (Fsp3) is 0.0667. The van der Waals surface area contributed by atoms with Crippen molar-refractivity contribution in [1.29, 1.82) is 0 Å². The van der Waals surface area contributed by atoms with Crippen molar-refractivity contribution in [3.8, 4) is 0 Å². The summed E-state index contributed by atoms with van der Waals surface area (Å²) in [5.41, 5.74) is 0.206. The molecule has 0 unspecified atom stereocenters. The van der Waals surface area contributed by atoms with Gasteiger partial charge in [0.15, 0.2) is 6.61 Å². The van der Waals surface area contributed by atoms with Crippen LogP contribution in [0.15, 0.2) is 40.9 Å². The molecular formula is C15H9BrCl2N2O5. The predicted molar refractivity (Wildman–Crippen MR) is 96.2 cm³/mol. The second kappa shape index (κ2) is 8.28. The number of hydrogen-bond donors (Lipinski definition) is 1. The van der Waals surface area contributed by atoms with Gasteiger partial charge in [0.05, 0.1) is 21.2 Å². The Morgan fingerprint density at radius 2 is 1.92 bits per heavy atom. The van der Waals surface area contributed by atoms with Gasteiger partial charge in [-0.1, -0.05) is 23.2 Å². The molecule has 0 saturated carbocycles. The normalized spacial score (nSPS) is 10.2. The molecule has 0 spiro atoms. The molecule has 0 aliphatic carbocycles. The summed E-state index contributed by atoms with van der Waals surface area (Å²) in [5, 5.41) is 13.6. The summed E-state index contributed by atoms with van der Waals surface area (Å²) in [6.45, 7) is -0.564. The fourth-order valence-corrected chi connectivity index (χ4v) is 2.60. The number of halogens is 3. The molecule has 0 aromatic heterocycles. The first-order chi connectivity index (χ1) is 11.8. The number of nitrogens with zero attached hydrogens (tertiary/aromatic N) is 1. The van der Waals surface area contributed by atoms with Gasteiger partial charge in [-0.2, -0.15) is 0 Å². The highest BCUT2D eigenvalue weighted by atomic mass is 79.9. The maximum atomic E-state index is 11.9. The lowest BCUT2D eigenvalue weighted by atomic mass is 10.2. The van der Waals surface area contributed by atoms with E-state index >= 15 is 0 Å². The first kappa shape index (κ1) is 19.2. The minimum absolute atomic E-state index is 0.0403. The number of carbonyl (C=O) groups excluding carboxylic acids is 2. The highest BCUT2D eigenvalue weighted by molar-refractivity contribution is 9.10. The monoisotopic (exact) mass is 446 g/mol. The molecule has 0 aliphatic heterocycles. The van der Waals surface area contributed by atoms with Crippen LogP contribution >= 0.6 is 39.1 Å². The van der Waals surface area contributed by atoms with E-state index in [1.54, 1.807) is 0 Å². The first-order valence-electron chi connectivity index (χ1n) is 6.64. The zero-order chi connectivity index (χ0) is 18.6. The minimum Gasteiger partial charge on any atom is -0.452 e. The standard InChI is InChI=1S/C15H9BrCl2N2O5/c16-11-6-9(20(23)24)2-4-13(11)19-14(21)7-25-15(22)10-5-8(17)1-3-12(10)18/h1-6H,7H2,(H,19,21). The number of nitro benzene ring substituents is 1. The van der Waals surface area contributed by atoms with E-state index < -0.39 is 23.4 Å². The van der Waals surface area contributed by atoms with E-state index in [1.807, 2.05) is 0 Å². The smallest absolute Gasteiger partial charge is 0.340 e. The van der Waals surface area contributed by atoms with E-state index in [0.29, 0.717) is 15.2 Å². The molecule has 130 valence electrons. The lowest BCUT2D eigenvalue weighted by Gasteiger charge is -2.09. The van der Waals surface area contributed by atoms with Crippen LogP contribution in [0.25, 0.3) is 0 Å². The van der Waals surface area contributed by atoms with E-state index in [4.69, 9.17) is 27.9 Å². The summed E-state index contributed by atoms with van der Waals surface area (Å²) >= 11 is 14.8. The van der Waals surface area contributed by atoms with Gasteiger partial charge in [0.25, 0.3) is 11.6 Å². The molecule has 2 aromatic rings. The molecule has 1 amide bonds. The molecule has 25 heavy (non-hydrogen) atoms. The Morgan fingerprint density at radius 1 is 1.20 bits per heavy atom. The lowest BCUT2D eigenvalue weighted by molar-refractivity contribution is -0.384. The molecule has 1 N–H and O–H groups in total. The lowest BCUT2D eigenvalue weighted by Crippen LogP contribution is -2.21. The van der Waals surface area contributed by atoms with Crippen molar-refractivity contribution < 1.29 is 19.2 Å². The average molecular weight is 448 g/mol. The predicted octanol–water partition coefficient (Wildman–Crippen LogP) is 4.46. The number of benzene rings is 2. The molecule has 0 heterocycles. The second-order valence-electron chi connectivity index (χ2n) is 4.67. The molecule has 10 heteroatoms. The summed E-state index contributed by atoms with van der Waals surface area (Å²) in [6.07, 6.45) is 0. The molecule has 0 bridgehead atoms. The van der Waals surface area contributed by atoms with Crippen molar-refractivity contribution in [3.63, 3.8) is 0 Å². The van der Waals surface area contributed by atoms with Gasteiger partial charge in [0.2, 0.25) is 0 Å². The number of nitrogens with one attached hydrogen (secondary N) is 1. The number of esters is 1. The van der Waals surface area contributed by atoms with E-state index in [-0.39, 0.29) is 16.3 Å². The van der Waals surface area contributed by atoms with Gasteiger partial charge in [-0.05, 0) is 40.2 Å². The van der Waals surface area contributed by atoms with Crippen LogP contribution in [-0.4, -0.2) is 23.4 Å². The SMILES string of the molecule is O=C(COC(=O)c1cc(Cl)ccc1Cl)Nc1ccc([N+](=O)[O-])cc1Br. The largest absolute Gasteiger partial charge is 0.452 e. The van der Waals surface area contributed by atoms with Crippen LogP contribution in [0.3, 0.4) is 0 Å². The molecule has 2 aromatic carbocycles. The number of ether oxygens (including phenoxy) is 1. The van der Waals surface area contributed by atoms with Crippen LogP contribution in [0.5, 0.6) is 0 Å². The zero-order valence-electron chi connectivity index (χ0n) is 12.3. The van der Waals surface area contributed by atoms with Gasteiger partial charge in [-0.3, -0.25) is 14.9 Å². The van der Waals surface area contributed by atoms with Gasteiger partial charge in [-0.15, -0.1) is 0 Å². The third-order valence-electron chi connectivity index (χ3n) is 2.92. The van der Waals surface area contributed by atoms with Crippen LogP contribution in [0.2, 0.25) is 10.0 Å². The minimum atomic E-state index is -0.801. The maximum absolute atomic E-state index is 11.9. The van der Waals surface area contributed by atoms with Crippen LogP contribution in [0.1, 0.15) is 10.4 Å². The van der Waals surface area contributed by atoms with Gasteiger partial charge >= 0.3 is 5.97 Å². The Kier molecular flexibility index (Phi) is 6.35. The average Bonchev–Trinajstić information content (AvgIpc) is 2.56. The van der Waals surface area contributed by atoms with E-state index in [9.17, 15) is 19.7 Å². The van der Waals surface area contributed by atoms with Crippen molar-refractivity contribution in [3.05, 3.63) is 66.6 Å². The Balaban J connectivity index is 1.98. The summed E-state index contributed by atoms with van der Waals surface area (Å²) in [4.78, 5) is 33.9. The van der Waals surface area contributed by atoms with Crippen LogP contribution in [-0.2, 0) is 9.53 Å². The fourth-order valence-electron chi connectivity index (χ4n) is 1.77. The molecule has 0 saturated heterocycles. The third-order valence-corrected chi connectivity index (χ3v) is 4.14. The van der Waals surface area contributed by atoms with Crippen LogP contribution in [0.4, 0.5) is 11.4 Å². The third kappa shape index (κ3) is 5.15. The van der Waals surface area contributed by atoms with Gasteiger partial charge < -0.3 is 10.1 Å². The maximum Gasteiger partial charge on any atom is 0.340 e. The number of amides is 1. The number of non-ortho nitro benzene ring substituents is 1. The Morgan fingerprint density at radius 3 is 2.56 bits per heavy atom. The number of nitro groups is 1. The van der Waals surface area contributed by atoms with Crippen molar-refractivity contribution in [2.24, 2.45) is 0 Å². The molecule has 0 radical (unpaired) electrons. The molecular weight excluding hydrogens is 439 g/mol. The molecule has 0 fully saturated rings. The second-order valence-corrected chi connectivity index (χ2v) is 6.37. The quantitative estimate of drug-likeness (QED) is 0.414. The highest BCUT2D eigenvalue weighted by Gasteiger charge is 2.16. The zero-order valence-corrected chi connectivity index (χ0v) is 15.4. The summed E-state index contributed by atoms with van der Waals surface area (Å²) in [5.74, 6) is -1.42. The van der Waals surface area contributed by atoms with Gasteiger partial charge in [-0.25, -0.2) is 4.79 Å². The van der Waals surface area contributed by atoms with Crippen molar-refractivity contribution >= 4 is 62.4 Å². The number of rotatable bonds is 5. The molecule has 0 atom stereocenters. The first-order valence-corrected chi connectivity index (χ1v) is 8.19. The van der Waals surface area contributed by atoms with Gasteiger partial charge in [0, 0.05) is 21.6 Å². The number of anilines is 1. The summed E-state index contributed by atoms with van der Waals surface area (Å²) in [6, 6.07) is 8.12. The molecule has 0 aliphatic rings. The van der Waals surface area contributed by atoms with Crippen molar-refractivity contribution in [1.82, 2.24) is 0 Å². The number of hydrogen-bond acceptors (Lipinski definition) is 5. The van der Waals surface area contributed by atoms with E-state index in [0.717, 1.165) is 0 Å². The van der Waals surface area contributed by atoms with Crippen LogP contribution in [0, 0.1) is 10.1 Å². The van der Waals surface area contributed by atoms with Crippen molar-refractivity contribution in [2.45, 2.75) is 0 Å². The van der Waals surface area contributed by atoms with Crippen LogP contribution < -0.4 is 5.32 Å². The van der Waals surface area contributed by atoms with E-state index in [1.165, 1.54) is 36.4 Å². The highest BCUT2D eigenvalue weighted by Crippen LogP contribution is 2.27. The Hall–Kier alpha value is -2.16. The summed E-state index contributed by atoms with van der Waals surface area (Å²) in [7, 11) is 0. The molecule has 2 rings (SSSR count). The molecule has 7 nitrogen and oxygen atoms in total. The van der Waals surface area contributed by atoms with E-state index in [2.05, 4.69) is 21.2 Å². The number of carbonyl (C=O) groups is 2. The Bertz CT molecular complexity index is 860. The topological polar surface area (TPSA) is 98.5 Å². The van der Waals surface area contributed by atoms with Crippen molar-refractivity contribution in [2.75, 3.05) is 11.9 Å². The van der Waals surface area contributed by atoms with Gasteiger partial charge in [0.1, 0.15) is 0 Å².